The summed E-state index contributed by atoms with van der Waals surface area (Å²) in [5.41, 5.74) is 0.586. The first-order valence-electron chi connectivity index (χ1n) is 3.62. The number of benzene rings is 1. The van der Waals surface area contributed by atoms with Crippen molar-refractivity contribution in [1.82, 2.24) is 0 Å². The van der Waals surface area contributed by atoms with E-state index in [1.54, 1.807) is 13.0 Å². The van der Waals surface area contributed by atoms with Gasteiger partial charge in [0.2, 0.25) is 0 Å². The molecule has 0 heterocycles. The quantitative estimate of drug-likeness (QED) is 0.561. The van der Waals surface area contributed by atoms with Crippen molar-refractivity contribution in [2.24, 2.45) is 0 Å². The summed E-state index contributed by atoms with van der Waals surface area (Å²) in [7, 11) is 0. The molecule has 0 bridgehead atoms. The minimum atomic E-state index is -0.209. The van der Waals surface area contributed by atoms with Gasteiger partial charge in [0.05, 0.1) is 0 Å². The van der Waals surface area contributed by atoms with Crippen molar-refractivity contribution in [1.29, 1.82) is 0 Å². The zero-order valence-corrected chi connectivity index (χ0v) is 7.74. The molecule has 0 aliphatic heterocycles. The Bertz CT molecular complexity index is 221. The smallest absolute Gasteiger partial charge is 0.126 e. The highest BCUT2D eigenvalue weighted by molar-refractivity contribution is 6.30. The number of hydrogen-bond acceptors (Lipinski definition) is 0. The van der Waals surface area contributed by atoms with Crippen molar-refractivity contribution in [3.63, 3.8) is 0 Å². The number of hydrogen-bond donors (Lipinski definition) is 0. The van der Waals surface area contributed by atoms with Crippen LogP contribution in [0.3, 0.4) is 0 Å². The third-order valence-electron chi connectivity index (χ3n) is 1.12. The summed E-state index contributed by atoms with van der Waals surface area (Å²) in [5, 5.41) is 0.578. The molecule has 0 nitrogen and oxygen atoms in total. The van der Waals surface area contributed by atoms with Crippen LogP contribution in [0.5, 0.6) is 0 Å². The van der Waals surface area contributed by atoms with Crippen LogP contribution in [-0.4, -0.2) is 0 Å². The molecule has 62 valence electrons. The van der Waals surface area contributed by atoms with Crippen LogP contribution in [0.4, 0.5) is 4.39 Å². The van der Waals surface area contributed by atoms with Gasteiger partial charge in [-0.3, -0.25) is 0 Å². The number of halogens is 2. The van der Waals surface area contributed by atoms with Gasteiger partial charge in [0.25, 0.3) is 0 Å². The molecule has 0 spiro atoms. The molecule has 11 heavy (non-hydrogen) atoms. The fraction of sp³-hybridized carbons (Fsp3) is 0.333. The summed E-state index contributed by atoms with van der Waals surface area (Å²) >= 11 is 5.55. The Kier molecular flexibility index (Phi) is 4.88. The van der Waals surface area contributed by atoms with Crippen molar-refractivity contribution in [2.75, 3.05) is 0 Å². The molecule has 0 aliphatic rings. The minimum absolute atomic E-state index is 0.209. The fourth-order valence-electron chi connectivity index (χ4n) is 0.608. The molecule has 0 saturated heterocycles. The molecule has 0 aromatic heterocycles. The summed E-state index contributed by atoms with van der Waals surface area (Å²) in [6.07, 6.45) is 0. The second-order valence-corrected chi connectivity index (χ2v) is 2.33. The van der Waals surface area contributed by atoms with Gasteiger partial charge in [-0.25, -0.2) is 4.39 Å². The predicted molar refractivity (Wildman–Crippen MR) is 47.5 cm³/mol. The summed E-state index contributed by atoms with van der Waals surface area (Å²) in [6, 6.07) is 4.48. The fourth-order valence-corrected chi connectivity index (χ4v) is 0.835. The van der Waals surface area contributed by atoms with Gasteiger partial charge >= 0.3 is 0 Å². The zero-order valence-electron chi connectivity index (χ0n) is 6.99. The van der Waals surface area contributed by atoms with Gasteiger partial charge in [-0.15, -0.1) is 0 Å². The lowest BCUT2D eigenvalue weighted by atomic mass is 10.2. The normalized spacial score (nSPS) is 8.45. The SMILES string of the molecule is CC.Cc1cc(Cl)ccc1F. The average Bonchev–Trinajstić information content (AvgIpc) is 2.02. The van der Waals surface area contributed by atoms with Gasteiger partial charge in [0, 0.05) is 5.02 Å². The Balaban J connectivity index is 0.000000461. The van der Waals surface area contributed by atoms with E-state index in [9.17, 15) is 4.39 Å². The van der Waals surface area contributed by atoms with Gasteiger partial charge in [-0.2, -0.15) is 0 Å². The molecule has 0 fully saturated rings. The molecule has 0 radical (unpaired) electrons. The van der Waals surface area contributed by atoms with Crippen LogP contribution >= 0.6 is 11.6 Å². The van der Waals surface area contributed by atoms with E-state index in [2.05, 4.69) is 0 Å². The van der Waals surface area contributed by atoms with Crippen LogP contribution in [0.1, 0.15) is 19.4 Å². The highest BCUT2D eigenvalue weighted by atomic mass is 35.5. The average molecular weight is 175 g/mol. The van der Waals surface area contributed by atoms with E-state index in [1.807, 2.05) is 13.8 Å². The van der Waals surface area contributed by atoms with Gasteiger partial charge in [-0.1, -0.05) is 25.4 Å². The van der Waals surface area contributed by atoms with Crippen molar-refractivity contribution in [3.05, 3.63) is 34.6 Å². The second-order valence-electron chi connectivity index (χ2n) is 1.89. The molecule has 1 aromatic rings. The molecule has 0 saturated carbocycles. The van der Waals surface area contributed by atoms with Gasteiger partial charge in [-0.05, 0) is 30.7 Å². The van der Waals surface area contributed by atoms with Gasteiger partial charge in [0.15, 0.2) is 0 Å². The lowest BCUT2D eigenvalue weighted by Gasteiger charge is -1.93. The van der Waals surface area contributed by atoms with Crippen LogP contribution in [0.25, 0.3) is 0 Å². The van der Waals surface area contributed by atoms with Crippen molar-refractivity contribution >= 4 is 11.6 Å². The van der Waals surface area contributed by atoms with Crippen molar-refractivity contribution < 1.29 is 4.39 Å². The second kappa shape index (κ2) is 5.14. The molecule has 1 aromatic carbocycles. The van der Waals surface area contributed by atoms with E-state index in [1.165, 1.54) is 12.1 Å². The first-order chi connectivity index (χ1) is 5.20. The molecular formula is C9H12ClF. The maximum absolute atomic E-state index is 12.4. The van der Waals surface area contributed by atoms with E-state index < -0.39 is 0 Å². The van der Waals surface area contributed by atoms with Crippen LogP contribution in [0.15, 0.2) is 18.2 Å². The minimum Gasteiger partial charge on any atom is -0.207 e. The first kappa shape index (κ1) is 10.4. The Hall–Kier alpha value is -0.560. The van der Waals surface area contributed by atoms with E-state index in [-0.39, 0.29) is 5.82 Å². The molecule has 1 rings (SSSR count). The first-order valence-corrected chi connectivity index (χ1v) is 3.99. The van der Waals surface area contributed by atoms with E-state index >= 15 is 0 Å². The predicted octanol–water partition coefficient (Wildman–Crippen LogP) is 3.81. The highest BCUT2D eigenvalue weighted by Gasteiger charge is 1.94. The van der Waals surface area contributed by atoms with E-state index in [0.29, 0.717) is 10.6 Å². The summed E-state index contributed by atoms with van der Waals surface area (Å²) in [4.78, 5) is 0. The molecule has 0 atom stereocenters. The Morgan fingerprint density at radius 1 is 1.27 bits per heavy atom. The maximum Gasteiger partial charge on any atom is 0.126 e. The Morgan fingerprint density at radius 2 is 1.82 bits per heavy atom. The monoisotopic (exact) mass is 174 g/mol. The van der Waals surface area contributed by atoms with Crippen LogP contribution in [-0.2, 0) is 0 Å². The number of rotatable bonds is 0. The third-order valence-corrected chi connectivity index (χ3v) is 1.36. The summed E-state index contributed by atoms with van der Waals surface area (Å²) < 4.78 is 12.4. The van der Waals surface area contributed by atoms with Crippen LogP contribution in [0, 0.1) is 12.7 Å². The van der Waals surface area contributed by atoms with Gasteiger partial charge < -0.3 is 0 Å². The standard InChI is InChI=1S/C7H6ClF.C2H6/c1-5-4-6(8)2-3-7(5)9;1-2/h2-4H,1H3;1-2H3. The van der Waals surface area contributed by atoms with Crippen molar-refractivity contribution in [2.45, 2.75) is 20.8 Å². The number of aryl methyl sites for hydroxylation is 1. The van der Waals surface area contributed by atoms with Crippen LogP contribution in [0.2, 0.25) is 5.02 Å². The molecule has 0 unspecified atom stereocenters. The summed E-state index contributed by atoms with van der Waals surface area (Å²) in [5.74, 6) is -0.209. The summed E-state index contributed by atoms with van der Waals surface area (Å²) in [6.45, 7) is 5.68. The van der Waals surface area contributed by atoms with E-state index in [4.69, 9.17) is 11.6 Å². The topological polar surface area (TPSA) is 0 Å². The highest BCUT2D eigenvalue weighted by Crippen LogP contribution is 2.12. The van der Waals surface area contributed by atoms with Crippen LogP contribution < -0.4 is 0 Å². The zero-order chi connectivity index (χ0) is 8.85. The lowest BCUT2D eigenvalue weighted by molar-refractivity contribution is 0.618. The van der Waals surface area contributed by atoms with E-state index in [0.717, 1.165) is 0 Å². The largest absolute Gasteiger partial charge is 0.207 e. The molecular weight excluding hydrogens is 163 g/mol. The van der Waals surface area contributed by atoms with Crippen molar-refractivity contribution in [3.8, 4) is 0 Å². The molecule has 2 heteroatoms. The van der Waals surface area contributed by atoms with Gasteiger partial charge in [0.1, 0.15) is 5.82 Å². The lowest BCUT2D eigenvalue weighted by Crippen LogP contribution is -1.78. The molecule has 0 amide bonds. The molecule has 0 N–H and O–H groups in total. The third kappa shape index (κ3) is 3.38. The Labute approximate surface area is 72.0 Å². The maximum atomic E-state index is 12.4. The Morgan fingerprint density at radius 3 is 2.18 bits per heavy atom. The molecule has 0 aliphatic carbocycles.